The molecule has 0 saturated carbocycles. The fourth-order valence-electron chi connectivity index (χ4n) is 3.03. The van der Waals surface area contributed by atoms with Crippen LogP contribution >= 0.6 is 0 Å². The molecule has 2 nitrogen and oxygen atoms in total. The molecule has 2 heteroatoms. The van der Waals surface area contributed by atoms with Crippen LogP contribution in [0.15, 0.2) is 18.2 Å². The second-order valence-corrected chi connectivity index (χ2v) is 6.05. The molecule has 0 spiro atoms. The monoisotopic (exact) mass is 261 g/mol. The normalized spacial score (nSPS) is 21.4. The average molecular weight is 261 g/mol. The molecule has 0 amide bonds. The van der Waals surface area contributed by atoms with Crippen LogP contribution in [-0.4, -0.2) is 20.2 Å². The van der Waals surface area contributed by atoms with E-state index in [1.165, 1.54) is 30.5 Å². The largest absolute Gasteiger partial charge is 0.496 e. The van der Waals surface area contributed by atoms with Crippen LogP contribution in [0, 0.1) is 5.92 Å². The zero-order chi connectivity index (χ0) is 13.8. The minimum atomic E-state index is 0.557. The molecule has 0 aromatic heterocycles. The van der Waals surface area contributed by atoms with E-state index in [9.17, 15) is 0 Å². The first-order valence-electron chi connectivity index (χ1n) is 7.52. The van der Waals surface area contributed by atoms with Crippen molar-refractivity contribution in [3.05, 3.63) is 29.3 Å². The van der Waals surface area contributed by atoms with Gasteiger partial charge in [-0.25, -0.2) is 0 Å². The van der Waals surface area contributed by atoms with Crippen LogP contribution in [0.25, 0.3) is 0 Å². The molecule has 0 aliphatic carbocycles. The summed E-state index contributed by atoms with van der Waals surface area (Å²) in [6.07, 6.45) is 2.62. The highest BCUT2D eigenvalue weighted by Gasteiger charge is 2.24. The molecule has 0 bridgehead atoms. The first-order chi connectivity index (χ1) is 9.13. The Bertz CT molecular complexity index is 408. The van der Waals surface area contributed by atoms with Gasteiger partial charge in [0.15, 0.2) is 0 Å². The van der Waals surface area contributed by atoms with Crippen LogP contribution in [0.1, 0.15) is 56.6 Å². The Balaban J connectivity index is 2.27. The Morgan fingerprint density at radius 1 is 1.26 bits per heavy atom. The lowest BCUT2D eigenvalue weighted by Crippen LogP contribution is -2.32. The number of nitrogens with one attached hydrogen (secondary N) is 1. The lowest BCUT2D eigenvalue weighted by molar-refractivity contribution is 0.325. The minimum Gasteiger partial charge on any atom is -0.496 e. The van der Waals surface area contributed by atoms with Crippen molar-refractivity contribution in [2.45, 2.75) is 45.4 Å². The molecule has 2 unspecified atom stereocenters. The van der Waals surface area contributed by atoms with E-state index in [4.69, 9.17) is 4.74 Å². The molecule has 0 radical (unpaired) electrons. The van der Waals surface area contributed by atoms with Crippen molar-refractivity contribution < 1.29 is 4.74 Å². The van der Waals surface area contributed by atoms with E-state index in [0.29, 0.717) is 11.8 Å². The van der Waals surface area contributed by atoms with Crippen molar-refractivity contribution in [2.24, 2.45) is 5.92 Å². The third-order valence-electron chi connectivity index (χ3n) is 4.45. The molecule has 1 aliphatic rings. The molecular weight excluding hydrogens is 234 g/mol. The van der Waals surface area contributed by atoms with Gasteiger partial charge < -0.3 is 10.1 Å². The second-order valence-electron chi connectivity index (χ2n) is 6.05. The van der Waals surface area contributed by atoms with Gasteiger partial charge in [0.2, 0.25) is 0 Å². The summed E-state index contributed by atoms with van der Waals surface area (Å²) in [5.41, 5.74) is 2.79. The molecule has 1 aromatic carbocycles. The maximum absolute atomic E-state index is 5.57. The van der Waals surface area contributed by atoms with Crippen LogP contribution in [-0.2, 0) is 0 Å². The Morgan fingerprint density at radius 2 is 2.05 bits per heavy atom. The van der Waals surface area contributed by atoms with E-state index in [-0.39, 0.29) is 0 Å². The van der Waals surface area contributed by atoms with E-state index < -0.39 is 0 Å². The van der Waals surface area contributed by atoms with Gasteiger partial charge in [-0.15, -0.1) is 0 Å². The van der Waals surface area contributed by atoms with Gasteiger partial charge in [-0.2, -0.15) is 0 Å². The lowest BCUT2D eigenvalue weighted by Gasteiger charge is -2.30. The predicted octanol–water partition coefficient (Wildman–Crippen LogP) is 3.92. The summed E-state index contributed by atoms with van der Waals surface area (Å²) in [5.74, 6) is 2.90. The third kappa shape index (κ3) is 3.30. The van der Waals surface area contributed by atoms with Gasteiger partial charge in [0.1, 0.15) is 5.75 Å². The Kier molecular flexibility index (Phi) is 4.87. The Labute approximate surface area is 117 Å². The Morgan fingerprint density at radius 3 is 2.63 bits per heavy atom. The second kappa shape index (κ2) is 6.42. The molecule has 106 valence electrons. The Hall–Kier alpha value is -1.02. The molecule has 2 rings (SSSR count). The van der Waals surface area contributed by atoms with Crippen LogP contribution in [0.2, 0.25) is 0 Å². The summed E-state index contributed by atoms with van der Waals surface area (Å²) in [4.78, 5) is 0. The summed E-state index contributed by atoms with van der Waals surface area (Å²) >= 11 is 0. The predicted molar refractivity (Wildman–Crippen MR) is 81.1 cm³/mol. The molecule has 1 heterocycles. The van der Waals surface area contributed by atoms with Crippen LogP contribution in [0.5, 0.6) is 5.75 Å². The molecule has 19 heavy (non-hydrogen) atoms. The van der Waals surface area contributed by atoms with Gasteiger partial charge >= 0.3 is 0 Å². The van der Waals surface area contributed by atoms with Crippen molar-refractivity contribution in [3.63, 3.8) is 0 Å². The first-order valence-corrected chi connectivity index (χ1v) is 7.52. The van der Waals surface area contributed by atoms with Crippen LogP contribution in [0.3, 0.4) is 0 Å². The van der Waals surface area contributed by atoms with E-state index in [1.54, 1.807) is 7.11 Å². The quantitative estimate of drug-likeness (QED) is 0.887. The van der Waals surface area contributed by atoms with E-state index in [0.717, 1.165) is 18.2 Å². The fraction of sp³-hybridized carbons (Fsp3) is 0.647. The van der Waals surface area contributed by atoms with E-state index >= 15 is 0 Å². The smallest absolute Gasteiger partial charge is 0.122 e. The number of benzene rings is 1. The van der Waals surface area contributed by atoms with Gasteiger partial charge in [0.05, 0.1) is 7.11 Å². The standard InChI is InChI=1S/C17H27NO/c1-12(2)14-7-8-17(19-4)16(10-14)13(3)15-6-5-9-18-11-15/h7-8,10,12-13,15,18H,5-6,9,11H2,1-4H3. The van der Waals surface area contributed by atoms with Crippen molar-refractivity contribution >= 4 is 0 Å². The van der Waals surface area contributed by atoms with Gasteiger partial charge in [-0.05, 0) is 60.9 Å². The molecule has 1 saturated heterocycles. The molecule has 1 aromatic rings. The molecule has 2 atom stereocenters. The summed E-state index contributed by atoms with van der Waals surface area (Å²) in [6.45, 7) is 9.15. The van der Waals surface area contributed by atoms with Crippen molar-refractivity contribution in [1.29, 1.82) is 0 Å². The topological polar surface area (TPSA) is 21.3 Å². The van der Waals surface area contributed by atoms with Gasteiger partial charge in [0.25, 0.3) is 0 Å². The number of hydrogen-bond donors (Lipinski definition) is 1. The average Bonchev–Trinajstić information content (AvgIpc) is 2.46. The first kappa shape index (κ1) is 14.4. The van der Waals surface area contributed by atoms with Crippen molar-refractivity contribution in [2.75, 3.05) is 20.2 Å². The SMILES string of the molecule is COc1ccc(C(C)C)cc1C(C)C1CCCNC1. The van der Waals surface area contributed by atoms with Gasteiger partial charge in [0, 0.05) is 0 Å². The lowest BCUT2D eigenvalue weighted by atomic mass is 9.81. The molecule has 1 aliphatic heterocycles. The van der Waals surface area contributed by atoms with E-state index in [2.05, 4.69) is 44.3 Å². The summed E-state index contributed by atoms with van der Waals surface area (Å²) < 4.78 is 5.57. The summed E-state index contributed by atoms with van der Waals surface area (Å²) in [7, 11) is 1.78. The number of piperidine rings is 1. The summed E-state index contributed by atoms with van der Waals surface area (Å²) in [5, 5.41) is 3.52. The van der Waals surface area contributed by atoms with Crippen molar-refractivity contribution in [1.82, 2.24) is 5.32 Å². The number of methoxy groups -OCH3 is 1. The van der Waals surface area contributed by atoms with Gasteiger partial charge in [-0.3, -0.25) is 0 Å². The fourth-order valence-corrected chi connectivity index (χ4v) is 3.03. The maximum atomic E-state index is 5.57. The molecule has 1 fully saturated rings. The number of ether oxygens (including phenoxy) is 1. The highest BCUT2D eigenvalue weighted by Crippen LogP contribution is 2.36. The number of hydrogen-bond acceptors (Lipinski definition) is 2. The summed E-state index contributed by atoms with van der Waals surface area (Å²) in [6, 6.07) is 6.68. The molecule has 1 N–H and O–H groups in total. The zero-order valence-corrected chi connectivity index (χ0v) is 12.7. The van der Waals surface area contributed by atoms with Crippen molar-refractivity contribution in [3.8, 4) is 5.75 Å². The van der Waals surface area contributed by atoms with Crippen LogP contribution in [0.4, 0.5) is 0 Å². The molecular formula is C17H27NO. The number of rotatable bonds is 4. The zero-order valence-electron chi connectivity index (χ0n) is 12.7. The maximum Gasteiger partial charge on any atom is 0.122 e. The van der Waals surface area contributed by atoms with Gasteiger partial charge in [-0.1, -0.05) is 32.9 Å². The minimum absolute atomic E-state index is 0.557. The van der Waals surface area contributed by atoms with Crippen LogP contribution < -0.4 is 10.1 Å². The highest BCUT2D eigenvalue weighted by atomic mass is 16.5. The highest BCUT2D eigenvalue weighted by molar-refractivity contribution is 5.41. The third-order valence-corrected chi connectivity index (χ3v) is 4.45. The van der Waals surface area contributed by atoms with E-state index in [1.807, 2.05) is 0 Å².